The van der Waals surface area contributed by atoms with Crippen molar-refractivity contribution in [3.8, 4) is 0 Å². The molecule has 0 radical (unpaired) electrons. The van der Waals surface area contributed by atoms with Crippen LogP contribution in [0.25, 0.3) is 0 Å². The van der Waals surface area contributed by atoms with Crippen molar-refractivity contribution in [2.45, 2.75) is 31.3 Å². The Labute approximate surface area is 98.3 Å². The van der Waals surface area contributed by atoms with Crippen LogP contribution in [0.4, 0.5) is 5.82 Å². The molecule has 1 aromatic heterocycles. The zero-order valence-electron chi connectivity index (χ0n) is 9.55. The van der Waals surface area contributed by atoms with E-state index >= 15 is 0 Å². The van der Waals surface area contributed by atoms with Crippen LogP contribution in [-0.4, -0.2) is 45.9 Å². The van der Waals surface area contributed by atoms with Crippen molar-refractivity contribution in [3.05, 3.63) is 12.0 Å². The molecule has 6 nitrogen and oxygen atoms in total. The molecule has 1 fully saturated rings. The molecule has 3 heterocycles. The largest absolute Gasteiger partial charge is 0.339 e. The van der Waals surface area contributed by atoms with Gasteiger partial charge in [-0.2, -0.15) is 0 Å². The van der Waals surface area contributed by atoms with Gasteiger partial charge in [0, 0.05) is 7.05 Å². The first kappa shape index (κ1) is 9.21. The lowest BCUT2D eigenvalue weighted by atomic mass is 10.1. The molecule has 2 atom stereocenters. The third kappa shape index (κ3) is 0.981. The minimum atomic E-state index is -0.0486. The van der Waals surface area contributed by atoms with Crippen LogP contribution in [0.3, 0.4) is 0 Å². The summed E-state index contributed by atoms with van der Waals surface area (Å²) >= 11 is 0. The van der Waals surface area contributed by atoms with Gasteiger partial charge in [0.25, 0.3) is 5.91 Å². The summed E-state index contributed by atoms with van der Waals surface area (Å²) in [5.41, 5.74) is 0.582. The Morgan fingerprint density at radius 1 is 1.47 bits per heavy atom. The van der Waals surface area contributed by atoms with Gasteiger partial charge in [0.15, 0.2) is 5.82 Å². The quantitative estimate of drug-likeness (QED) is 0.710. The van der Waals surface area contributed by atoms with E-state index in [-0.39, 0.29) is 5.91 Å². The van der Waals surface area contributed by atoms with E-state index in [4.69, 9.17) is 0 Å². The highest BCUT2D eigenvalue weighted by Gasteiger charge is 2.47. The Morgan fingerprint density at radius 2 is 2.35 bits per heavy atom. The number of rotatable bonds is 0. The number of imidazole rings is 1. The number of carbonyl (C=O) groups excluding carboxylic acids is 1. The minimum absolute atomic E-state index is 0.0486. The molecule has 1 saturated carbocycles. The number of nitrogens with one attached hydrogen (secondary N) is 1. The first-order valence-electron chi connectivity index (χ1n) is 5.96. The second kappa shape index (κ2) is 2.88. The molecule has 2 aliphatic heterocycles. The Hall–Kier alpha value is -1.85. The van der Waals surface area contributed by atoms with E-state index in [2.05, 4.69) is 19.9 Å². The van der Waals surface area contributed by atoms with Crippen molar-refractivity contribution in [3.63, 3.8) is 0 Å². The molecular weight excluding hydrogens is 218 g/mol. The summed E-state index contributed by atoms with van der Waals surface area (Å²) in [5, 5.41) is 0. The molecule has 1 amide bonds. The predicted octanol–water partition coefficient (Wildman–Crippen LogP) is 0.592. The number of nitrogens with zero attached hydrogens (tertiary/aromatic N) is 4. The lowest BCUT2D eigenvalue weighted by Crippen LogP contribution is -2.51. The van der Waals surface area contributed by atoms with Gasteiger partial charge in [-0.25, -0.2) is 9.98 Å². The fraction of sp³-hybridized carbons (Fsp3) is 0.545. The molecule has 17 heavy (non-hydrogen) atoms. The third-order valence-electron chi connectivity index (χ3n) is 3.94. The van der Waals surface area contributed by atoms with Gasteiger partial charge in [-0.05, 0) is 19.3 Å². The van der Waals surface area contributed by atoms with Crippen LogP contribution >= 0.6 is 0 Å². The van der Waals surface area contributed by atoms with E-state index in [1.807, 2.05) is 0 Å². The second-order valence-electron chi connectivity index (χ2n) is 4.83. The van der Waals surface area contributed by atoms with Crippen molar-refractivity contribution in [2.24, 2.45) is 4.99 Å². The fourth-order valence-electron chi connectivity index (χ4n) is 3.12. The smallest absolute Gasteiger partial charge is 0.280 e. The van der Waals surface area contributed by atoms with Gasteiger partial charge in [-0.3, -0.25) is 14.6 Å². The van der Waals surface area contributed by atoms with Crippen LogP contribution < -0.4 is 4.90 Å². The van der Waals surface area contributed by atoms with E-state index in [9.17, 15) is 4.79 Å². The number of aromatic nitrogens is 2. The van der Waals surface area contributed by atoms with Gasteiger partial charge in [0.2, 0.25) is 5.96 Å². The average Bonchev–Trinajstić information content (AvgIpc) is 2.98. The number of amides is 1. The fourth-order valence-corrected chi connectivity index (χ4v) is 3.12. The van der Waals surface area contributed by atoms with Crippen molar-refractivity contribution in [2.75, 3.05) is 11.9 Å². The maximum atomic E-state index is 12.1. The number of guanidine groups is 1. The van der Waals surface area contributed by atoms with Crippen molar-refractivity contribution >= 4 is 17.7 Å². The average molecular weight is 231 g/mol. The normalized spacial score (nSPS) is 30.2. The molecule has 4 rings (SSSR count). The summed E-state index contributed by atoms with van der Waals surface area (Å²) in [6.45, 7) is 0. The number of hydrogen-bond acceptors (Lipinski definition) is 4. The molecule has 6 heteroatoms. The number of aromatic amines is 1. The first-order valence-corrected chi connectivity index (χ1v) is 5.96. The molecule has 0 saturated heterocycles. The Balaban J connectivity index is 1.91. The minimum Gasteiger partial charge on any atom is -0.339 e. The SMILES string of the molecule is CN1C(=O)c2[nH]cnc2N2C1=NC1CCCC12. The molecule has 1 N–H and O–H groups in total. The highest BCUT2D eigenvalue weighted by atomic mass is 16.2. The Morgan fingerprint density at radius 3 is 3.24 bits per heavy atom. The highest BCUT2D eigenvalue weighted by Crippen LogP contribution is 2.38. The number of carbonyl (C=O) groups is 1. The topological polar surface area (TPSA) is 64.6 Å². The highest BCUT2D eigenvalue weighted by molar-refractivity contribution is 6.18. The summed E-state index contributed by atoms with van der Waals surface area (Å²) in [7, 11) is 1.78. The molecule has 88 valence electrons. The van der Waals surface area contributed by atoms with E-state index in [0.717, 1.165) is 24.6 Å². The summed E-state index contributed by atoms with van der Waals surface area (Å²) in [5.74, 6) is 1.47. The molecule has 0 bridgehead atoms. The molecule has 3 aliphatic rings. The first-order chi connectivity index (χ1) is 8.27. The van der Waals surface area contributed by atoms with Crippen molar-refractivity contribution in [1.29, 1.82) is 0 Å². The Kier molecular flexibility index (Phi) is 1.56. The van der Waals surface area contributed by atoms with Gasteiger partial charge >= 0.3 is 0 Å². The molecule has 1 aromatic rings. The van der Waals surface area contributed by atoms with E-state index in [1.54, 1.807) is 18.3 Å². The summed E-state index contributed by atoms with van der Waals surface area (Å²) in [4.78, 5) is 27.7. The predicted molar refractivity (Wildman–Crippen MR) is 62.0 cm³/mol. The summed E-state index contributed by atoms with van der Waals surface area (Å²) < 4.78 is 0. The van der Waals surface area contributed by atoms with Crippen molar-refractivity contribution in [1.82, 2.24) is 14.9 Å². The van der Waals surface area contributed by atoms with Gasteiger partial charge in [0.1, 0.15) is 5.69 Å². The van der Waals surface area contributed by atoms with Crippen LogP contribution in [0.2, 0.25) is 0 Å². The Bertz CT molecular complexity index is 534. The van der Waals surface area contributed by atoms with E-state index in [0.29, 0.717) is 17.8 Å². The third-order valence-corrected chi connectivity index (χ3v) is 3.94. The van der Waals surface area contributed by atoms with E-state index in [1.165, 1.54) is 6.42 Å². The summed E-state index contributed by atoms with van der Waals surface area (Å²) in [6, 6.07) is 0.727. The van der Waals surface area contributed by atoms with Crippen LogP contribution in [0.1, 0.15) is 29.8 Å². The zero-order valence-corrected chi connectivity index (χ0v) is 9.55. The van der Waals surface area contributed by atoms with Crippen LogP contribution in [-0.2, 0) is 0 Å². The standard InChI is InChI=1S/C11H13N5O/c1-15-10(17)8-9(13-5-12-8)16-7-4-2-3-6(7)14-11(15)16/h5-7H,2-4H2,1H3,(H,12,13). The van der Waals surface area contributed by atoms with Crippen LogP contribution in [0.5, 0.6) is 0 Å². The maximum Gasteiger partial charge on any atom is 0.280 e. The second-order valence-corrected chi connectivity index (χ2v) is 4.83. The van der Waals surface area contributed by atoms with Crippen LogP contribution in [0, 0.1) is 0 Å². The zero-order chi connectivity index (χ0) is 11.6. The lowest BCUT2D eigenvalue weighted by molar-refractivity contribution is 0.0860. The number of hydrogen-bond donors (Lipinski definition) is 1. The molecule has 1 aliphatic carbocycles. The number of anilines is 1. The number of fused-ring (bicyclic) bond motifs is 5. The summed E-state index contributed by atoms with van der Waals surface area (Å²) in [6.07, 6.45) is 5.04. The van der Waals surface area contributed by atoms with Gasteiger partial charge < -0.3 is 4.98 Å². The maximum absolute atomic E-state index is 12.1. The lowest BCUT2D eigenvalue weighted by Gasteiger charge is -2.33. The monoisotopic (exact) mass is 231 g/mol. The molecule has 0 spiro atoms. The number of H-pyrrole nitrogens is 1. The van der Waals surface area contributed by atoms with Gasteiger partial charge in [0.05, 0.1) is 18.4 Å². The van der Waals surface area contributed by atoms with Gasteiger partial charge in [-0.1, -0.05) is 0 Å². The van der Waals surface area contributed by atoms with Crippen LogP contribution in [0.15, 0.2) is 11.3 Å². The molecular formula is C11H13N5O. The molecule has 0 aromatic carbocycles. The van der Waals surface area contributed by atoms with Gasteiger partial charge in [-0.15, -0.1) is 0 Å². The number of aliphatic imine (C=N–C) groups is 1. The van der Waals surface area contributed by atoms with Crippen molar-refractivity contribution < 1.29 is 4.79 Å². The van der Waals surface area contributed by atoms with E-state index < -0.39 is 0 Å². The molecule has 2 unspecified atom stereocenters.